The van der Waals surface area contributed by atoms with Crippen molar-refractivity contribution in [2.45, 2.75) is 0 Å². The van der Waals surface area contributed by atoms with E-state index in [0.29, 0.717) is 10.8 Å². The Hall–Kier alpha value is -1.42. The molecule has 0 radical (unpaired) electrons. The number of nitrogens with zero attached hydrogens (tertiary/aromatic N) is 1. The fraction of sp³-hybridized carbons (Fsp3) is 0. The maximum atomic E-state index is 12.7. The molecule has 0 spiro atoms. The predicted molar refractivity (Wildman–Crippen MR) is 47.3 cm³/mol. The second kappa shape index (κ2) is 2.81. The molecule has 0 aliphatic rings. The van der Waals surface area contributed by atoms with Gasteiger partial charge in [0.1, 0.15) is 5.82 Å². The first-order valence-corrected chi connectivity index (χ1v) is 3.90. The van der Waals surface area contributed by atoms with Crippen LogP contribution in [0, 0.1) is 5.82 Å². The van der Waals surface area contributed by atoms with E-state index in [1.165, 1.54) is 18.2 Å². The first-order chi connectivity index (χ1) is 6.18. The molecule has 5 heteroatoms. The highest BCUT2D eigenvalue weighted by Crippen LogP contribution is 2.17. The molecule has 0 saturated carbocycles. The monoisotopic (exact) mass is 198 g/mol. The normalized spacial score (nSPS) is 10.6. The van der Waals surface area contributed by atoms with Crippen molar-refractivity contribution in [3.05, 3.63) is 39.5 Å². The Morgan fingerprint density at radius 1 is 1.38 bits per heavy atom. The van der Waals surface area contributed by atoms with Crippen molar-refractivity contribution in [3.63, 3.8) is 0 Å². The molecule has 1 aromatic heterocycles. The van der Waals surface area contributed by atoms with Crippen molar-refractivity contribution in [1.82, 2.24) is 10.2 Å². The number of hydrogen-bond donors (Lipinski definition) is 1. The Bertz CT molecular complexity index is 523. The minimum Gasteiger partial charge on any atom is -0.267 e. The van der Waals surface area contributed by atoms with E-state index in [2.05, 4.69) is 10.2 Å². The van der Waals surface area contributed by atoms with E-state index in [1.54, 1.807) is 0 Å². The van der Waals surface area contributed by atoms with E-state index < -0.39 is 5.82 Å². The quantitative estimate of drug-likeness (QED) is 0.701. The van der Waals surface area contributed by atoms with Gasteiger partial charge in [-0.05, 0) is 18.2 Å². The molecule has 0 saturated heterocycles. The number of fused-ring (bicyclic) bond motifs is 1. The Labute approximate surface area is 77.2 Å². The molecule has 0 atom stereocenters. The maximum Gasteiger partial charge on any atom is 0.272 e. The van der Waals surface area contributed by atoms with Gasteiger partial charge in [-0.1, -0.05) is 11.6 Å². The van der Waals surface area contributed by atoms with Crippen molar-refractivity contribution in [1.29, 1.82) is 0 Å². The van der Waals surface area contributed by atoms with E-state index in [4.69, 9.17) is 11.6 Å². The van der Waals surface area contributed by atoms with Gasteiger partial charge in [0.25, 0.3) is 5.56 Å². The van der Waals surface area contributed by atoms with E-state index >= 15 is 0 Å². The number of H-pyrrole nitrogens is 1. The van der Waals surface area contributed by atoms with Crippen LogP contribution in [0.4, 0.5) is 4.39 Å². The van der Waals surface area contributed by atoms with Crippen molar-refractivity contribution in [2.75, 3.05) is 0 Å². The van der Waals surface area contributed by atoms with E-state index in [1.807, 2.05) is 0 Å². The summed E-state index contributed by atoms with van der Waals surface area (Å²) in [7, 11) is 0. The van der Waals surface area contributed by atoms with Gasteiger partial charge in [0.05, 0.1) is 5.39 Å². The van der Waals surface area contributed by atoms with Gasteiger partial charge in [-0.25, -0.2) is 9.49 Å². The minimum absolute atomic E-state index is 0.0918. The molecule has 0 aliphatic carbocycles. The standard InChI is InChI=1S/C8H4ClFN2O/c9-7-6-3-4(10)1-2-5(6)8(13)12-11-7/h1-3H,(H,12,13). The summed E-state index contributed by atoms with van der Waals surface area (Å²) < 4.78 is 12.7. The molecule has 0 bridgehead atoms. The highest BCUT2D eigenvalue weighted by atomic mass is 35.5. The van der Waals surface area contributed by atoms with Gasteiger partial charge in [-0.15, -0.1) is 0 Å². The summed E-state index contributed by atoms with van der Waals surface area (Å²) >= 11 is 5.65. The van der Waals surface area contributed by atoms with E-state index in [-0.39, 0.29) is 10.7 Å². The van der Waals surface area contributed by atoms with Crippen LogP contribution in [0.3, 0.4) is 0 Å². The topological polar surface area (TPSA) is 45.8 Å². The molecule has 0 unspecified atom stereocenters. The van der Waals surface area contributed by atoms with Gasteiger partial charge in [0.2, 0.25) is 0 Å². The zero-order valence-corrected chi connectivity index (χ0v) is 7.10. The van der Waals surface area contributed by atoms with Crippen LogP contribution in [0.25, 0.3) is 10.8 Å². The van der Waals surface area contributed by atoms with Crippen LogP contribution in [0.1, 0.15) is 0 Å². The summed E-state index contributed by atoms with van der Waals surface area (Å²) in [5.41, 5.74) is -0.376. The lowest BCUT2D eigenvalue weighted by Crippen LogP contribution is -2.08. The molecule has 2 aromatic rings. The molecule has 0 fully saturated rings. The van der Waals surface area contributed by atoms with E-state index in [9.17, 15) is 9.18 Å². The number of rotatable bonds is 0. The smallest absolute Gasteiger partial charge is 0.267 e. The lowest BCUT2D eigenvalue weighted by atomic mass is 10.2. The van der Waals surface area contributed by atoms with Crippen LogP contribution in [0.2, 0.25) is 5.15 Å². The Balaban J connectivity index is 3.01. The maximum absolute atomic E-state index is 12.7. The fourth-order valence-electron chi connectivity index (χ4n) is 1.11. The van der Waals surface area contributed by atoms with Crippen LogP contribution < -0.4 is 5.56 Å². The molecule has 3 nitrogen and oxygen atoms in total. The zero-order valence-electron chi connectivity index (χ0n) is 6.34. The molecule has 66 valence electrons. The number of aromatic nitrogens is 2. The van der Waals surface area contributed by atoms with Gasteiger partial charge < -0.3 is 0 Å². The molecule has 1 N–H and O–H groups in total. The van der Waals surface area contributed by atoms with Gasteiger partial charge in [0, 0.05) is 5.39 Å². The average molecular weight is 199 g/mol. The first kappa shape index (κ1) is 8.19. The Morgan fingerprint density at radius 3 is 2.92 bits per heavy atom. The summed E-state index contributed by atoms with van der Waals surface area (Å²) in [6.07, 6.45) is 0. The predicted octanol–water partition coefficient (Wildman–Crippen LogP) is 1.72. The molecule has 1 heterocycles. The molecule has 13 heavy (non-hydrogen) atoms. The number of aromatic amines is 1. The van der Waals surface area contributed by atoms with E-state index in [0.717, 1.165) is 0 Å². The Kier molecular flexibility index (Phi) is 1.77. The fourth-order valence-corrected chi connectivity index (χ4v) is 1.30. The zero-order chi connectivity index (χ0) is 9.42. The molecule has 1 aromatic carbocycles. The molecule has 0 aliphatic heterocycles. The molecular weight excluding hydrogens is 195 g/mol. The van der Waals surface area contributed by atoms with Crippen LogP contribution >= 0.6 is 11.6 Å². The van der Waals surface area contributed by atoms with Crippen LogP contribution in [-0.2, 0) is 0 Å². The second-order valence-corrected chi connectivity index (χ2v) is 2.89. The highest BCUT2D eigenvalue weighted by Gasteiger charge is 2.04. The molecular formula is C8H4ClFN2O. The van der Waals surface area contributed by atoms with Crippen molar-refractivity contribution in [2.24, 2.45) is 0 Å². The van der Waals surface area contributed by atoms with Crippen molar-refractivity contribution >= 4 is 22.4 Å². The number of nitrogens with one attached hydrogen (secondary N) is 1. The summed E-state index contributed by atoms with van der Waals surface area (Å²) in [6, 6.07) is 3.75. The van der Waals surface area contributed by atoms with Crippen molar-refractivity contribution < 1.29 is 4.39 Å². The number of benzene rings is 1. The lowest BCUT2D eigenvalue weighted by Gasteiger charge is -1.97. The van der Waals surface area contributed by atoms with Crippen LogP contribution in [-0.4, -0.2) is 10.2 Å². The third-order valence-corrected chi connectivity index (χ3v) is 1.99. The third kappa shape index (κ3) is 1.29. The SMILES string of the molecule is O=c1[nH]nc(Cl)c2cc(F)ccc12. The summed E-state index contributed by atoms with van der Waals surface area (Å²) in [6.45, 7) is 0. The first-order valence-electron chi connectivity index (χ1n) is 3.52. The Morgan fingerprint density at radius 2 is 2.15 bits per heavy atom. The summed E-state index contributed by atoms with van der Waals surface area (Å²) in [5.74, 6) is -0.443. The minimum atomic E-state index is -0.443. The van der Waals surface area contributed by atoms with Gasteiger partial charge in [0.15, 0.2) is 5.15 Å². The van der Waals surface area contributed by atoms with Crippen LogP contribution in [0.15, 0.2) is 23.0 Å². The largest absolute Gasteiger partial charge is 0.272 e. The summed E-state index contributed by atoms with van der Waals surface area (Å²) in [5, 5.41) is 6.46. The molecule has 2 rings (SSSR count). The third-order valence-electron chi connectivity index (χ3n) is 1.70. The lowest BCUT2D eigenvalue weighted by molar-refractivity contribution is 0.629. The number of hydrogen-bond acceptors (Lipinski definition) is 2. The van der Waals surface area contributed by atoms with Crippen molar-refractivity contribution in [3.8, 4) is 0 Å². The van der Waals surface area contributed by atoms with Gasteiger partial charge >= 0.3 is 0 Å². The second-order valence-electron chi connectivity index (χ2n) is 2.53. The highest BCUT2D eigenvalue weighted by molar-refractivity contribution is 6.34. The molecule has 0 amide bonds. The van der Waals surface area contributed by atoms with Gasteiger partial charge in [-0.3, -0.25) is 4.79 Å². The number of halogens is 2. The summed E-state index contributed by atoms with van der Waals surface area (Å²) in [4.78, 5) is 11.1. The van der Waals surface area contributed by atoms with Crippen LogP contribution in [0.5, 0.6) is 0 Å². The van der Waals surface area contributed by atoms with Gasteiger partial charge in [-0.2, -0.15) is 5.10 Å². The average Bonchev–Trinajstić information content (AvgIpc) is 2.12.